The van der Waals surface area contributed by atoms with Gasteiger partial charge in [0.25, 0.3) is 0 Å². The molecule has 1 aromatic carbocycles. The van der Waals surface area contributed by atoms with Crippen LogP contribution in [0.25, 0.3) is 10.1 Å². The first-order valence-corrected chi connectivity index (χ1v) is 11.8. The van der Waals surface area contributed by atoms with E-state index in [1.54, 1.807) is 35.9 Å². The Kier molecular flexibility index (Phi) is 7.03. The van der Waals surface area contributed by atoms with Gasteiger partial charge in [-0.1, -0.05) is 24.3 Å². The van der Waals surface area contributed by atoms with Crippen molar-refractivity contribution in [2.24, 2.45) is 4.99 Å². The molecule has 1 unspecified atom stereocenters. The third kappa shape index (κ3) is 5.30. The van der Waals surface area contributed by atoms with Gasteiger partial charge < -0.3 is 15.7 Å². The Morgan fingerprint density at radius 2 is 2.00 bits per heavy atom. The number of hydrogen-bond acceptors (Lipinski definition) is 6. The quantitative estimate of drug-likeness (QED) is 0.245. The number of aliphatic hydroxyl groups is 1. The number of rotatable bonds is 8. The molecule has 1 atom stereocenters. The number of guanidine groups is 1. The van der Waals surface area contributed by atoms with Crippen molar-refractivity contribution in [3.8, 4) is 0 Å². The van der Waals surface area contributed by atoms with Crippen molar-refractivity contribution < 1.29 is 13.5 Å². The molecule has 0 fully saturated rings. The molecule has 0 saturated heterocycles. The number of nitrogens with zero attached hydrogens (tertiary/aromatic N) is 1. The van der Waals surface area contributed by atoms with Crippen LogP contribution in [0.1, 0.15) is 11.0 Å². The fraction of sp³-hybridized carbons (Fsp3) is 0.278. The molecule has 7 nitrogen and oxygen atoms in total. The minimum absolute atomic E-state index is 0.222. The highest BCUT2D eigenvalue weighted by atomic mass is 32.2. The Bertz CT molecular complexity index is 996. The van der Waals surface area contributed by atoms with Crippen LogP contribution >= 0.6 is 22.7 Å². The second kappa shape index (κ2) is 9.48. The van der Waals surface area contributed by atoms with Crippen molar-refractivity contribution in [3.05, 3.63) is 52.7 Å². The molecule has 0 radical (unpaired) electrons. The van der Waals surface area contributed by atoms with E-state index in [-0.39, 0.29) is 6.54 Å². The molecule has 3 rings (SSSR count). The molecule has 2 aromatic heterocycles. The van der Waals surface area contributed by atoms with Crippen molar-refractivity contribution in [1.29, 1.82) is 0 Å². The van der Waals surface area contributed by atoms with E-state index in [1.807, 2.05) is 30.3 Å². The molecular weight excluding hydrogens is 416 g/mol. The SMILES string of the molecule is CN=C(NCCNS(=O)(=O)c1cccs1)NCC(O)c1cc2ccccc2s1. The summed E-state index contributed by atoms with van der Waals surface area (Å²) in [5.74, 6) is 0.496. The molecule has 0 aliphatic carbocycles. The van der Waals surface area contributed by atoms with Gasteiger partial charge in [0.2, 0.25) is 10.0 Å². The van der Waals surface area contributed by atoms with E-state index in [9.17, 15) is 13.5 Å². The zero-order valence-electron chi connectivity index (χ0n) is 15.3. The maximum atomic E-state index is 12.0. The van der Waals surface area contributed by atoms with Crippen LogP contribution in [0.5, 0.6) is 0 Å². The van der Waals surface area contributed by atoms with Crippen LogP contribution in [0.4, 0.5) is 0 Å². The van der Waals surface area contributed by atoms with Gasteiger partial charge in [-0.3, -0.25) is 4.99 Å². The Balaban J connectivity index is 1.44. The fourth-order valence-corrected chi connectivity index (χ4v) is 5.65. The number of nitrogens with one attached hydrogen (secondary N) is 3. The van der Waals surface area contributed by atoms with E-state index in [0.717, 1.165) is 15.0 Å². The van der Waals surface area contributed by atoms with Gasteiger partial charge in [0.1, 0.15) is 10.3 Å². The maximum Gasteiger partial charge on any atom is 0.250 e. The molecule has 2 heterocycles. The van der Waals surface area contributed by atoms with Crippen LogP contribution in [-0.2, 0) is 10.0 Å². The van der Waals surface area contributed by atoms with Crippen molar-refractivity contribution in [3.63, 3.8) is 0 Å². The second-order valence-electron chi connectivity index (χ2n) is 5.91. The van der Waals surface area contributed by atoms with E-state index >= 15 is 0 Å². The van der Waals surface area contributed by atoms with Crippen molar-refractivity contribution in [1.82, 2.24) is 15.4 Å². The van der Waals surface area contributed by atoms with Crippen LogP contribution in [0.15, 0.2) is 57.0 Å². The summed E-state index contributed by atoms with van der Waals surface area (Å²) in [7, 11) is -1.84. The number of aliphatic imine (C=N–C) groups is 1. The first-order chi connectivity index (χ1) is 13.5. The molecule has 0 saturated carbocycles. The van der Waals surface area contributed by atoms with E-state index in [1.165, 1.54) is 11.3 Å². The molecule has 4 N–H and O–H groups in total. The highest BCUT2D eigenvalue weighted by molar-refractivity contribution is 7.91. The van der Waals surface area contributed by atoms with Gasteiger partial charge in [0.05, 0.1) is 0 Å². The summed E-state index contributed by atoms with van der Waals surface area (Å²) in [4.78, 5) is 4.97. The largest absolute Gasteiger partial charge is 0.386 e. The molecule has 0 aliphatic heterocycles. The molecule has 28 heavy (non-hydrogen) atoms. The third-order valence-electron chi connectivity index (χ3n) is 3.93. The summed E-state index contributed by atoms with van der Waals surface area (Å²) < 4.78 is 28.1. The normalized spacial score (nSPS) is 13.6. The summed E-state index contributed by atoms with van der Waals surface area (Å²) in [6.45, 7) is 0.885. The zero-order valence-corrected chi connectivity index (χ0v) is 17.7. The monoisotopic (exact) mass is 438 g/mol. The van der Waals surface area contributed by atoms with Gasteiger partial charge >= 0.3 is 0 Å². The summed E-state index contributed by atoms with van der Waals surface area (Å²) in [5.41, 5.74) is 0. The topological polar surface area (TPSA) is 103 Å². The predicted octanol–water partition coefficient (Wildman–Crippen LogP) is 2.14. The van der Waals surface area contributed by atoms with Crippen LogP contribution in [0.2, 0.25) is 0 Å². The van der Waals surface area contributed by atoms with Crippen LogP contribution < -0.4 is 15.4 Å². The molecule has 150 valence electrons. The molecule has 0 aliphatic rings. The maximum absolute atomic E-state index is 12.0. The number of aliphatic hydroxyl groups excluding tert-OH is 1. The second-order valence-corrected chi connectivity index (χ2v) is 9.97. The lowest BCUT2D eigenvalue weighted by Gasteiger charge is -2.14. The van der Waals surface area contributed by atoms with Crippen LogP contribution in [0.3, 0.4) is 0 Å². The van der Waals surface area contributed by atoms with Crippen LogP contribution in [-0.4, -0.2) is 46.2 Å². The molecule has 0 spiro atoms. The highest BCUT2D eigenvalue weighted by Crippen LogP contribution is 2.29. The standard InChI is InChI=1S/C18H22N4O3S3/c1-19-18(20-8-9-22-28(24,25)17-7-4-10-26-17)21-12-14(23)16-11-13-5-2-3-6-15(13)27-16/h2-7,10-11,14,22-23H,8-9,12H2,1H3,(H2,19,20,21). The van der Waals surface area contributed by atoms with Gasteiger partial charge in [0.15, 0.2) is 5.96 Å². The molecule has 0 amide bonds. The highest BCUT2D eigenvalue weighted by Gasteiger charge is 2.14. The Morgan fingerprint density at radius 1 is 1.18 bits per heavy atom. The van der Waals surface area contributed by atoms with Crippen molar-refractivity contribution >= 4 is 48.7 Å². The van der Waals surface area contributed by atoms with Gasteiger partial charge in [-0.15, -0.1) is 22.7 Å². The Hall–Kier alpha value is -1.98. The van der Waals surface area contributed by atoms with Gasteiger partial charge in [-0.25, -0.2) is 13.1 Å². The molecule has 10 heteroatoms. The molecule has 0 bridgehead atoms. The minimum atomic E-state index is -3.47. The van der Waals surface area contributed by atoms with Crippen LogP contribution in [0, 0.1) is 0 Å². The first-order valence-electron chi connectivity index (χ1n) is 8.64. The lowest BCUT2D eigenvalue weighted by molar-refractivity contribution is 0.184. The van der Waals surface area contributed by atoms with Gasteiger partial charge in [-0.05, 0) is 29.0 Å². The van der Waals surface area contributed by atoms with E-state index in [0.29, 0.717) is 23.3 Å². The number of hydrogen-bond donors (Lipinski definition) is 4. The van der Waals surface area contributed by atoms with Crippen molar-refractivity contribution in [2.75, 3.05) is 26.7 Å². The molecular formula is C18H22N4O3S3. The summed E-state index contributed by atoms with van der Waals surface area (Å²) in [6, 6.07) is 13.3. The zero-order chi connectivity index (χ0) is 20.0. The lowest BCUT2D eigenvalue weighted by Crippen LogP contribution is -2.42. The van der Waals surface area contributed by atoms with Gasteiger partial charge in [-0.2, -0.15) is 0 Å². The predicted molar refractivity (Wildman–Crippen MR) is 116 cm³/mol. The van der Waals surface area contributed by atoms with Crippen molar-refractivity contribution in [2.45, 2.75) is 10.3 Å². The lowest BCUT2D eigenvalue weighted by atomic mass is 10.2. The van der Waals surface area contributed by atoms with E-state index in [2.05, 4.69) is 20.3 Å². The molecule has 3 aromatic rings. The van der Waals surface area contributed by atoms with Gasteiger partial charge in [0, 0.05) is 36.3 Å². The average Bonchev–Trinajstić information content (AvgIpc) is 3.37. The number of fused-ring (bicyclic) bond motifs is 1. The number of sulfonamides is 1. The first kappa shape index (κ1) is 20.7. The average molecular weight is 439 g/mol. The Labute approximate surface area is 172 Å². The number of thiophene rings is 2. The third-order valence-corrected chi connectivity index (χ3v) is 8.00. The summed E-state index contributed by atoms with van der Waals surface area (Å²) in [5, 5.41) is 19.3. The van der Waals surface area contributed by atoms with E-state index in [4.69, 9.17) is 0 Å². The summed E-state index contributed by atoms with van der Waals surface area (Å²) in [6.07, 6.45) is -0.659. The number of benzene rings is 1. The Morgan fingerprint density at radius 3 is 2.71 bits per heavy atom. The fourth-order valence-electron chi connectivity index (χ4n) is 2.54. The summed E-state index contributed by atoms with van der Waals surface area (Å²) >= 11 is 2.74. The minimum Gasteiger partial charge on any atom is -0.386 e. The van der Waals surface area contributed by atoms with E-state index < -0.39 is 16.1 Å². The smallest absolute Gasteiger partial charge is 0.250 e.